The van der Waals surface area contributed by atoms with Crippen molar-refractivity contribution in [1.29, 1.82) is 0 Å². The average Bonchev–Trinajstić information content (AvgIpc) is 3.17. The molecular formula is C24H22N4O3. The molecule has 156 valence electrons. The zero-order chi connectivity index (χ0) is 21.4. The van der Waals surface area contributed by atoms with Gasteiger partial charge in [-0.3, -0.25) is 9.59 Å². The van der Waals surface area contributed by atoms with Crippen LogP contribution in [0, 0.1) is 5.92 Å². The van der Waals surface area contributed by atoms with Gasteiger partial charge in [0, 0.05) is 30.3 Å². The Morgan fingerprint density at radius 2 is 1.65 bits per heavy atom. The van der Waals surface area contributed by atoms with Crippen molar-refractivity contribution in [3.8, 4) is 0 Å². The second-order valence-corrected chi connectivity index (χ2v) is 7.92. The molecule has 1 fully saturated rings. The SMILES string of the molecule is O=C(Nc1ccc2[nH]c(=O)[nH]c2c1)C1CCN(C(=O)c2cccc3ccccc23)CC1. The van der Waals surface area contributed by atoms with E-state index >= 15 is 0 Å². The Morgan fingerprint density at radius 1 is 0.903 bits per heavy atom. The fourth-order valence-electron chi connectivity index (χ4n) is 4.28. The van der Waals surface area contributed by atoms with Gasteiger partial charge in [0.1, 0.15) is 0 Å². The molecule has 1 aliphatic heterocycles. The van der Waals surface area contributed by atoms with Crippen molar-refractivity contribution in [2.24, 2.45) is 5.92 Å². The Kier molecular flexibility index (Phi) is 4.78. The topological polar surface area (TPSA) is 98.1 Å². The summed E-state index contributed by atoms with van der Waals surface area (Å²) in [4.78, 5) is 44.4. The maximum absolute atomic E-state index is 13.1. The molecular weight excluding hydrogens is 392 g/mol. The van der Waals surface area contributed by atoms with E-state index < -0.39 is 0 Å². The number of aromatic amines is 2. The van der Waals surface area contributed by atoms with Gasteiger partial charge in [-0.25, -0.2) is 4.79 Å². The van der Waals surface area contributed by atoms with Crippen LogP contribution in [0.3, 0.4) is 0 Å². The Hall–Kier alpha value is -3.87. The van der Waals surface area contributed by atoms with Crippen LogP contribution in [0.15, 0.2) is 65.5 Å². The molecule has 1 saturated heterocycles. The first-order chi connectivity index (χ1) is 15.1. The van der Waals surface area contributed by atoms with Gasteiger partial charge in [0.05, 0.1) is 11.0 Å². The second kappa shape index (κ2) is 7.75. The van der Waals surface area contributed by atoms with Gasteiger partial charge in [0.25, 0.3) is 5.91 Å². The molecule has 31 heavy (non-hydrogen) atoms. The van der Waals surface area contributed by atoms with Crippen molar-refractivity contribution in [2.45, 2.75) is 12.8 Å². The van der Waals surface area contributed by atoms with Crippen LogP contribution in [0.4, 0.5) is 5.69 Å². The summed E-state index contributed by atoms with van der Waals surface area (Å²) in [5.41, 5.74) is 2.42. The van der Waals surface area contributed by atoms with Gasteiger partial charge in [-0.1, -0.05) is 36.4 Å². The molecule has 7 heteroatoms. The summed E-state index contributed by atoms with van der Waals surface area (Å²) in [5, 5.41) is 4.93. The van der Waals surface area contributed by atoms with E-state index in [2.05, 4.69) is 15.3 Å². The molecule has 0 aliphatic carbocycles. The van der Waals surface area contributed by atoms with E-state index in [1.165, 1.54) is 0 Å². The van der Waals surface area contributed by atoms with Gasteiger partial charge in [-0.05, 0) is 47.9 Å². The highest BCUT2D eigenvalue weighted by atomic mass is 16.2. The number of carbonyl (C=O) groups is 2. The summed E-state index contributed by atoms with van der Waals surface area (Å²) in [7, 11) is 0. The lowest BCUT2D eigenvalue weighted by Crippen LogP contribution is -2.41. The zero-order valence-corrected chi connectivity index (χ0v) is 16.9. The van der Waals surface area contributed by atoms with Crippen LogP contribution >= 0.6 is 0 Å². The number of piperidine rings is 1. The molecule has 2 heterocycles. The van der Waals surface area contributed by atoms with Gasteiger partial charge >= 0.3 is 5.69 Å². The molecule has 7 nitrogen and oxygen atoms in total. The number of nitrogens with zero attached hydrogens (tertiary/aromatic N) is 1. The number of carbonyl (C=O) groups excluding carboxylic acids is 2. The first-order valence-corrected chi connectivity index (χ1v) is 10.4. The van der Waals surface area contributed by atoms with Crippen LogP contribution in [-0.4, -0.2) is 39.8 Å². The molecule has 0 bridgehead atoms. The van der Waals surface area contributed by atoms with Crippen LogP contribution in [0.5, 0.6) is 0 Å². The normalized spacial score (nSPS) is 14.8. The van der Waals surface area contributed by atoms with E-state index in [-0.39, 0.29) is 23.4 Å². The first kappa shape index (κ1) is 19.1. The van der Waals surface area contributed by atoms with Crippen LogP contribution < -0.4 is 11.0 Å². The minimum absolute atomic E-state index is 0.0116. The summed E-state index contributed by atoms with van der Waals surface area (Å²) in [6.07, 6.45) is 1.23. The summed E-state index contributed by atoms with van der Waals surface area (Å²) >= 11 is 0. The lowest BCUT2D eigenvalue weighted by molar-refractivity contribution is -0.121. The van der Waals surface area contributed by atoms with Crippen LogP contribution in [0.1, 0.15) is 23.2 Å². The van der Waals surface area contributed by atoms with Gasteiger partial charge < -0.3 is 20.2 Å². The molecule has 3 aromatic carbocycles. The Labute approximate surface area is 178 Å². The van der Waals surface area contributed by atoms with Crippen molar-refractivity contribution in [1.82, 2.24) is 14.9 Å². The quantitative estimate of drug-likeness (QED) is 0.479. The predicted octanol–water partition coefficient (Wildman–Crippen LogP) is 3.50. The van der Waals surface area contributed by atoms with Crippen LogP contribution in [0.2, 0.25) is 0 Å². The molecule has 0 radical (unpaired) electrons. The highest BCUT2D eigenvalue weighted by Gasteiger charge is 2.28. The molecule has 0 spiro atoms. The fraction of sp³-hybridized carbons (Fsp3) is 0.208. The zero-order valence-electron chi connectivity index (χ0n) is 16.9. The smallest absolute Gasteiger partial charge is 0.323 e. The predicted molar refractivity (Wildman–Crippen MR) is 120 cm³/mol. The third kappa shape index (κ3) is 3.70. The number of aromatic nitrogens is 2. The Balaban J connectivity index is 1.24. The summed E-state index contributed by atoms with van der Waals surface area (Å²) in [6, 6.07) is 18.9. The number of imidazole rings is 1. The number of anilines is 1. The third-order valence-electron chi connectivity index (χ3n) is 5.96. The number of H-pyrrole nitrogens is 2. The standard InChI is InChI=1S/C24H22N4O3/c29-22(25-17-8-9-20-21(14-17)27-24(31)26-20)16-10-12-28(13-11-16)23(30)19-7-3-5-15-4-1-2-6-18(15)19/h1-9,14,16H,10-13H2,(H,25,29)(H2,26,27,31). The molecule has 4 aromatic rings. The van der Waals surface area contributed by atoms with E-state index in [0.717, 1.165) is 10.8 Å². The van der Waals surface area contributed by atoms with E-state index in [4.69, 9.17) is 0 Å². The van der Waals surface area contributed by atoms with E-state index in [0.29, 0.717) is 48.2 Å². The molecule has 1 aromatic heterocycles. The van der Waals surface area contributed by atoms with Crippen molar-refractivity contribution in [3.63, 3.8) is 0 Å². The minimum Gasteiger partial charge on any atom is -0.339 e. The molecule has 1 aliphatic rings. The number of benzene rings is 3. The van der Waals surface area contributed by atoms with Gasteiger partial charge in [0.2, 0.25) is 5.91 Å². The molecule has 0 atom stereocenters. The van der Waals surface area contributed by atoms with Crippen LogP contribution in [0.25, 0.3) is 21.8 Å². The number of amides is 2. The highest BCUT2D eigenvalue weighted by Crippen LogP contribution is 2.25. The third-order valence-corrected chi connectivity index (χ3v) is 5.96. The van der Waals surface area contributed by atoms with E-state index in [1.54, 1.807) is 18.2 Å². The van der Waals surface area contributed by atoms with Crippen LogP contribution in [-0.2, 0) is 4.79 Å². The maximum Gasteiger partial charge on any atom is 0.323 e. The summed E-state index contributed by atoms with van der Waals surface area (Å²) in [5.74, 6) is -0.204. The second-order valence-electron chi connectivity index (χ2n) is 7.92. The Morgan fingerprint density at radius 3 is 2.48 bits per heavy atom. The monoisotopic (exact) mass is 414 g/mol. The average molecular weight is 414 g/mol. The van der Waals surface area contributed by atoms with E-state index in [9.17, 15) is 14.4 Å². The maximum atomic E-state index is 13.1. The summed E-state index contributed by atoms with van der Waals surface area (Å²) in [6.45, 7) is 1.09. The highest BCUT2D eigenvalue weighted by molar-refractivity contribution is 6.07. The van der Waals surface area contributed by atoms with Gasteiger partial charge in [-0.15, -0.1) is 0 Å². The molecule has 0 saturated carbocycles. The van der Waals surface area contributed by atoms with Gasteiger partial charge in [0.15, 0.2) is 0 Å². The van der Waals surface area contributed by atoms with Crippen molar-refractivity contribution in [2.75, 3.05) is 18.4 Å². The van der Waals surface area contributed by atoms with Crippen molar-refractivity contribution < 1.29 is 9.59 Å². The van der Waals surface area contributed by atoms with Crippen molar-refractivity contribution >= 4 is 39.3 Å². The largest absolute Gasteiger partial charge is 0.339 e. The minimum atomic E-state index is -0.276. The Bertz CT molecular complexity index is 1340. The van der Waals surface area contributed by atoms with Gasteiger partial charge in [-0.2, -0.15) is 0 Å². The number of hydrogen-bond donors (Lipinski definition) is 3. The summed E-state index contributed by atoms with van der Waals surface area (Å²) < 4.78 is 0. The molecule has 2 amide bonds. The number of rotatable bonds is 3. The molecule has 3 N–H and O–H groups in total. The van der Waals surface area contributed by atoms with E-state index in [1.807, 2.05) is 47.4 Å². The fourth-order valence-corrected chi connectivity index (χ4v) is 4.28. The number of fused-ring (bicyclic) bond motifs is 2. The number of likely N-dealkylation sites (tertiary alicyclic amines) is 1. The number of hydrogen-bond acceptors (Lipinski definition) is 3. The first-order valence-electron chi connectivity index (χ1n) is 10.4. The molecule has 5 rings (SSSR count). The number of nitrogens with one attached hydrogen (secondary N) is 3. The van der Waals surface area contributed by atoms with Crippen molar-refractivity contribution in [3.05, 3.63) is 76.7 Å². The lowest BCUT2D eigenvalue weighted by Gasteiger charge is -2.31. The molecule has 0 unspecified atom stereocenters. The lowest BCUT2D eigenvalue weighted by atomic mass is 9.94.